The summed E-state index contributed by atoms with van der Waals surface area (Å²) in [6.45, 7) is 2.58. The Kier molecular flexibility index (Phi) is 3.05. The minimum Gasteiger partial charge on any atom is -0.455 e. The van der Waals surface area contributed by atoms with Gasteiger partial charge in [0.2, 0.25) is 0 Å². The Morgan fingerprint density at radius 1 is 1.16 bits per heavy atom. The van der Waals surface area contributed by atoms with Crippen LogP contribution in [0.25, 0.3) is 22.3 Å². The van der Waals surface area contributed by atoms with Crippen LogP contribution in [0.4, 0.5) is 0 Å². The SMILES string of the molecule is Cc1ccc(CN)cc1-c1cc2cccc(Cl)c2o1. The lowest BCUT2D eigenvalue weighted by Crippen LogP contribution is -1.96. The Morgan fingerprint density at radius 3 is 2.74 bits per heavy atom. The van der Waals surface area contributed by atoms with Crippen molar-refractivity contribution in [2.75, 3.05) is 0 Å². The van der Waals surface area contributed by atoms with Gasteiger partial charge < -0.3 is 10.2 Å². The molecule has 0 saturated heterocycles. The van der Waals surface area contributed by atoms with Crippen molar-refractivity contribution >= 4 is 22.6 Å². The maximum Gasteiger partial charge on any atom is 0.153 e. The first-order chi connectivity index (χ1) is 9.19. The second-order valence-electron chi connectivity index (χ2n) is 4.62. The molecule has 0 radical (unpaired) electrons. The summed E-state index contributed by atoms with van der Waals surface area (Å²) in [4.78, 5) is 0. The van der Waals surface area contributed by atoms with Gasteiger partial charge in [0.25, 0.3) is 0 Å². The summed E-state index contributed by atoms with van der Waals surface area (Å²) in [6, 6.07) is 13.9. The molecule has 2 N–H and O–H groups in total. The van der Waals surface area contributed by atoms with Gasteiger partial charge in [0, 0.05) is 17.5 Å². The summed E-state index contributed by atoms with van der Waals surface area (Å²) in [5.41, 5.74) is 9.74. The summed E-state index contributed by atoms with van der Waals surface area (Å²) in [7, 11) is 0. The summed E-state index contributed by atoms with van der Waals surface area (Å²) in [5.74, 6) is 0.830. The topological polar surface area (TPSA) is 39.2 Å². The van der Waals surface area contributed by atoms with Crippen molar-refractivity contribution in [3.05, 3.63) is 58.6 Å². The first kappa shape index (κ1) is 12.3. The van der Waals surface area contributed by atoms with Crippen molar-refractivity contribution in [3.63, 3.8) is 0 Å². The summed E-state index contributed by atoms with van der Waals surface area (Å²) < 4.78 is 5.89. The Hall–Kier alpha value is -1.77. The van der Waals surface area contributed by atoms with Crippen molar-refractivity contribution in [1.29, 1.82) is 0 Å². The van der Waals surface area contributed by atoms with E-state index in [-0.39, 0.29) is 0 Å². The van der Waals surface area contributed by atoms with Crippen LogP contribution in [0.15, 0.2) is 46.9 Å². The molecule has 96 valence electrons. The molecule has 1 aromatic heterocycles. The maximum atomic E-state index is 6.14. The zero-order chi connectivity index (χ0) is 13.4. The van der Waals surface area contributed by atoms with E-state index in [0.717, 1.165) is 33.4 Å². The van der Waals surface area contributed by atoms with Crippen molar-refractivity contribution in [2.45, 2.75) is 13.5 Å². The summed E-state index contributed by atoms with van der Waals surface area (Å²) >= 11 is 6.14. The van der Waals surface area contributed by atoms with Crippen LogP contribution in [0.3, 0.4) is 0 Å². The molecule has 19 heavy (non-hydrogen) atoms. The van der Waals surface area contributed by atoms with Gasteiger partial charge in [-0.2, -0.15) is 0 Å². The monoisotopic (exact) mass is 271 g/mol. The number of halogens is 1. The van der Waals surface area contributed by atoms with Gasteiger partial charge in [-0.3, -0.25) is 0 Å². The zero-order valence-corrected chi connectivity index (χ0v) is 11.4. The highest BCUT2D eigenvalue weighted by atomic mass is 35.5. The Bertz CT molecular complexity index is 746. The standard InChI is InChI=1S/C16H14ClNO/c1-10-5-6-11(9-18)7-13(10)15-8-12-3-2-4-14(17)16(12)19-15/h2-8H,9,18H2,1H3. The van der Waals surface area contributed by atoms with E-state index in [9.17, 15) is 0 Å². The number of para-hydroxylation sites is 1. The Labute approximate surface area is 116 Å². The van der Waals surface area contributed by atoms with Crippen LogP contribution in [0.5, 0.6) is 0 Å². The molecule has 2 aromatic carbocycles. The molecule has 3 rings (SSSR count). The fourth-order valence-corrected chi connectivity index (χ4v) is 2.44. The molecule has 0 saturated carbocycles. The predicted molar refractivity (Wildman–Crippen MR) is 79.3 cm³/mol. The second kappa shape index (κ2) is 4.72. The predicted octanol–water partition coefficient (Wildman–Crippen LogP) is 4.52. The van der Waals surface area contributed by atoms with Crippen LogP contribution in [-0.2, 0) is 6.54 Å². The maximum absolute atomic E-state index is 6.14. The highest BCUT2D eigenvalue weighted by Crippen LogP contribution is 2.33. The zero-order valence-electron chi connectivity index (χ0n) is 10.6. The number of hydrogen-bond acceptors (Lipinski definition) is 2. The molecule has 0 atom stereocenters. The van der Waals surface area contributed by atoms with E-state index in [1.807, 2.05) is 30.3 Å². The number of rotatable bonds is 2. The Morgan fingerprint density at radius 2 is 2.00 bits per heavy atom. The number of aryl methyl sites for hydroxylation is 1. The molecule has 3 aromatic rings. The van der Waals surface area contributed by atoms with Crippen molar-refractivity contribution in [3.8, 4) is 11.3 Å². The molecule has 2 nitrogen and oxygen atoms in total. The third-order valence-electron chi connectivity index (χ3n) is 3.30. The van der Waals surface area contributed by atoms with Crippen molar-refractivity contribution in [1.82, 2.24) is 0 Å². The van der Waals surface area contributed by atoms with Crippen LogP contribution in [0, 0.1) is 6.92 Å². The van der Waals surface area contributed by atoms with Gasteiger partial charge in [-0.15, -0.1) is 0 Å². The fraction of sp³-hybridized carbons (Fsp3) is 0.125. The second-order valence-corrected chi connectivity index (χ2v) is 5.03. The first-order valence-electron chi connectivity index (χ1n) is 6.17. The molecule has 0 aliphatic heterocycles. The summed E-state index contributed by atoms with van der Waals surface area (Å²) in [5, 5.41) is 1.65. The quantitative estimate of drug-likeness (QED) is 0.744. The normalized spacial score (nSPS) is 11.1. The molecule has 1 heterocycles. The Balaban J connectivity index is 2.21. The summed E-state index contributed by atoms with van der Waals surface area (Å²) in [6.07, 6.45) is 0. The minimum atomic E-state index is 0.522. The number of benzene rings is 2. The van der Waals surface area contributed by atoms with Gasteiger partial charge in [0.1, 0.15) is 5.76 Å². The average molecular weight is 272 g/mol. The molecule has 0 unspecified atom stereocenters. The third-order valence-corrected chi connectivity index (χ3v) is 3.60. The number of nitrogens with two attached hydrogens (primary N) is 1. The van der Waals surface area contributed by atoms with E-state index < -0.39 is 0 Å². The highest BCUT2D eigenvalue weighted by molar-refractivity contribution is 6.34. The van der Waals surface area contributed by atoms with E-state index in [1.54, 1.807) is 0 Å². The van der Waals surface area contributed by atoms with Crippen LogP contribution >= 0.6 is 11.6 Å². The van der Waals surface area contributed by atoms with Crippen LogP contribution in [0.2, 0.25) is 5.02 Å². The molecule has 0 amide bonds. The van der Waals surface area contributed by atoms with E-state index in [0.29, 0.717) is 11.6 Å². The largest absolute Gasteiger partial charge is 0.455 e. The van der Waals surface area contributed by atoms with Crippen molar-refractivity contribution < 1.29 is 4.42 Å². The van der Waals surface area contributed by atoms with Gasteiger partial charge in [-0.1, -0.05) is 35.9 Å². The van der Waals surface area contributed by atoms with Gasteiger partial charge in [0.15, 0.2) is 5.58 Å². The number of fused-ring (bicyclic) bond motifs is 1. The van der Waals surface area contributed by atoms with E-state index in [2.05, 4.69) is 19.1 Å². The van der Waals surface area contributed by atoms with Crippen LogP contribution in [-0.4, -0.2) is 0 Å². The van der Waals surface area contributed by atoms with E-state index in [4.69, 9.17) is 21.8 Å². The molecule has 0 aliphatic carbocycles. The highest BCUT2D eigenvalue weighted by Gasteiger charge is 2.11. The lowest BCUT2D eigenvalue weighted by molar-refractivity contribution is 0.631. The molecule has 0 spiro atoms. The lowest BCUT2D eigenvalue weighted by atomic mass is 10.0. The van der Waals surface area contributed by atoms with E-state index >= 15 is 0 Å². The van der Waals surface area contributed by atoms with Gasteiger partial charge in [0.05, 0.1) is 5.02 Å². The number of furan rings is 1. The van der Waals surface area contributed by atoms with Crippen LogP contribution < -0.4 is 5.73 Å². The van der Waals surface area contributed by atoms with Gasteiger partial charge in [-0.05, 0) is 36.2 Å². The van der Waals surface area contributed by atoms with Crippen molar-refractivity contribution in [2.24, 2.45) is 5.73 Å². The molecule has 0 bridgehead atoms. The van der Waals surface area contributed by atoms with E-state index in [1.165, 1.54) is 0 Å². The molecular weight excluding hydrogens is 258 g/mol. The first-order valence-corrected chi connectivity index (χ1v) is 6.55. The molecule has 3 heteroatoms. The van der Waals surface area contributed by atoms with Gasteiger partial charge in [-0.25, -0.2) is 0 Å². The molecule has 0 aliphatic rings. The minimum absolute atomic E-state index is 0.522. The lowest BCUT2D eigenvalue weighted by Gasteiger charge is -2.05. The third kappa shape index (κ3) is 2.14. The van der Waals surface area contributed by atoms with Crippen LogP contribution in [0.1, 0.15) is 11.1 Å². The van der Waals surface area contributed by atoms with Gasteiger partial charge >= 0.3 is 0 Å². The molecule has 0 fully saturated rings. The smallest absolute Gasteiger partial charge is 0.153 e. The number of hydrogen-bond donors (Lipinski definition) is 1. The average Bonchev–Trinajstić information content (AvgIpc) is 2.84. The molecular formula is C16H14ClNO. The fourth-order valence-electron chi connectivity index (χ4n) is 2.22.